The zero-order valence-electron chi connectivity index (χ0n) is 9.82. The van der Waals surface area contributed by atoms with Gasteiger partial charge in [-0.15, -0.1) is 5.10 Å². The van der Waals surface area contributed by atoms with Crippen LogP contribution in [0.2, 0.25) is 0 Å². The molecule has 7 nitrogen and oxygen atoms in total. The van der Waals surface area contributed by atoms with Gasteiger partial charge in [0.2, 0.25) is 10.0 Å². The highest BCUT2D eigenvalue weighted by molar-refractivity contribution is 7.89. The van der Waals surface area contributed by atoms with Crippen molar-refractivity contribution in [2.45, 2.75) is 11.8 Å². The number of nitrogens with one attached hydrogen (secondary N) is 1. The lowest BCUT2D eigenvalue weighted by molar-refractivity contribution is 0.103. The Balaban J connectivity index is 2.25. The van der Waals surface area contributed by atoms with Crippen LogP contribution in [0.15, 0.2) is 29.2 Å². The Bertz CT molecular complexity index is 724. The first-order valence-corrected chi connectivity index (χ1v) is 7.43. The summed E-state index contributed by atoms with van der Waals surface area (Å²) >= 11 is 0.971. The van der Waals surface area contributed by atoms with Crippen LogP contribution in [-0.2, 0) is 10.0 Å². The van der Waals surface area contributed by atoms with Gasteiger partial charge in [-0.3, -0.25) is 4.79 Å². The topological polar surface area (TPSA) is 115 Å². The average molecular weight is 298 g/mol. The molecule has 0 saturated carbocycles. The van der Waals surface area contributed by atoms with Crippen molar-refractivity contribution >= 4 is 33.2 Å². The normalized spacial score (nSPS) is 11.3. The number of hydrogen-bond donors (Lipinski definition) is 2. The SMILES string of the molecule is Cc1nnsc1C(=O)Nc1cccc(S(N)(=O)=O)c1. The van der Waals surface area contributed by atoms with Crippen LogP contribution >= 0.6 is 11.5 Å². The summed E-state index contributed by atoms with van der Waals surface area (Å²) in [5.74, 6) is -0.390. The number of rotatable bonds is 3. The van der Waals surface area contributed by atoms with E-state index in [1.54, 1.807) is 13.0 Å². The number of hydrogen-bond acceptors (Lipinski definition) is 6. The second-order valence-corrected chi connectivity index (χ2v) is 6.03. The van der Waals surface area contributed by atoms with Crippen molar-refractivity contribution in [3.05, 3.63) is 34.8 Å². The molecule has 100 valence electrons. The molecule has 0 radical (unpaired) electrons. The van der Waals surface area contributed by atoms with Crippen LogP contribution in [0.4, 0.5) is 5.69 Å². The number of amides is 1. The lowest BCUT2D eigenvalue weighted by Gasteiger charge is -2.05. The molecule has 3 N–H and O–H groups in total. The van der Waals surface area contributed by atoms with E-state index >= 15 is 0 Å². The van der Waals surface area contributed by atoms with Crippen LogP contribution in [0.5, 0.6) is 0 Å². The summed E-state index contributed by atoms with van der Waals surface area (Å²) in [6.07, 6.45) is 0. The van der Waals surface area contributed by atoms with Gasteiger partial charge in [0.05, 0.1) is 10.6 Å². The summed E-state index contributed by atoms with van der Waals surface area (Å²) in [5.41, 5.74) is 0.856. The molecule has 2 rings (SSSR count). The molecule has 2 aromatic rings. The quantitative estimate of drug-likeness (QED) is 0.867. The monoisotopic (exact) mass is 298 g/mol. The Labute approximate surface area is 113 Å². The maximum atomic E-state index is 11.9. The molecule has 0 aliphatic carbocycles. The van der Waals surface area contributed by atoms with Gasteiger partial charge in [0.15, 0.2) is 0 Å². The first-order valence-electron chi connectivity index (χ1n) is 5.11. The number of benzene rings is 1. The molecule has 0 bridgehead atoms. The van der Waals surface area contributed by atoms with Crippen LogP contribution in [-0.4, -0.2) is 23.9 Å². The van der Waals surface area contributed by atoms with Crippen molar-refractivity contribution in [1.29, 1.82) is 0 Å². The van der Waals surface area contributed by atoms with Crippen molar-refractivity contribution in [2.75, 3.05) is 5.32 Å². The Hall–Kier alpha value is -1.84. The Morgan fingerprint density at radius 2 is 2.16 bits per heavy atom. The predicted octanol–water partition coefficient (Wildman–Crippen LogP) is 0.746. The highest BCUT2D eigenvalue weighted by Crippen LogP contribution is 2.17. The number of nitrogens with zero attached hydrogens (tertiary/aromatic N) is 2. The molecule has 0 aliphatic rings. The van der Waals surface area contributed by atoms with Gasteiger partial charge in [0.25, 0.3) is 5.91 Å². The van der Waals surface area contributed by atoms with Gasteiger partial charge in [-0.05, 0) is 36.7 Å². The zero-order valence-corrected chi connectivity index (χ0v) is 11.5. The summed E-state index contributed by atoms with van der Waals surface area (Å²) in [4.78, 5) is 12.2. The number of carbonyl (C=O) groups is 1. The van der Waals surface area contributed by atoms with E-state index in [0.29, 0.717) is 16.3 Å². The number of carbonyl (C=O) groups excluding carboxylic acids is 1. The zero-order chi connectivity index (χ0) is 14.0. The summed E-state index contributed by atoms with van der Waals surface area (Å²) < 4.78 is 26.1. The Morgan fingerprint density at radius 1 is 1.42 bits per heavy atom. The Kier molecular flexibility index (Phi) is 3.60. The Morgan fingerprint density at radius 3 is 2.74 bits per heavy atom. The number of primary sulfonamides is 1. The number of aromatic nitrogens is 2. The van der Waals surface area contributed by atoms with Crippen molar-refractivity contribution in [2.24, 2.45) is 5.14 Å². The lowest BCUT2D eigenvalue weighted by atomic mass is 10.3. The van der Waals surface area contributed by atoms with Gasteiger partial charge in [0.1, 0.15) is 4.88 Å². The molecule has 0 unspecified atom stereocenters. The summed E-state index contributed by atoms with van der Waals surface area (Å²) in [7, 11) is -3.80. The molecule has 1 aromatic carbocycles. The highest BCUT2D eigenvalue weighted by Gasteiger charge is 2.14. The van der Waals surface area contributed by atoms with Crippen LogP contribution in [0.1, 0.15) is 15.4 Å². The molecule has 0 fully saturated rings. The maximum absolute atomic E-state index is 11.9. The van der Waals surface area contributed by atoms with E-state index < -0.39 is 10.0 Å². The standard InChI is InChI=1S/C10H10N4O3S2/c1-6-9(18-14-13-6)10(15)12-7-3-2-4-8(5-7)19(11,16)17/h2-5H,1H3,(H,12,15)(H2,11,16,17). The first kappa shape index (κ1) is 13.6. The largest absolute Gasteiger partial charge is 0.321 e. The first-order chi connectivity index (χ1) is 8.88. The molecule has 0 spiro atoms. The molecule has 0 atom stereocenters. The van der Waals surface area contributed by atoms with E-state index in [4.69, 9.17) is 5.14 Å². The second-order valence-electron chi connectivity index (χ2n) is 3.71. The summed E-state index contributed by atoms with van der Waals surface area (Å²) in [6, 6.07) is 5.70. The van der Waals surface area contributed by atoms with Gasteiger partial charge in [-0.25, -0.2) is 13.6 Å². The minimum Gasteiger partial charge on any atom is -0.321 e. The van der Waals surface area contributed by atoms with Crippen LogP contribution in [0, 0.1) is 6.92 Å². The van der Waals surface area contributed by atoms with E-state index in [-0.39, 0.29) is 10.8 Å². The van der Waals surface area contributed by atoms with E-state index in [0.717, 1.165) is 11.5 Å². The number of sulfonamides is 1. The minimum atomic E-state index is -3.80. The number of aryl methyl sites for hydroxylation is 1. The molecule has 1 heterocycles. The summed E-state index contributed by atoms with van der Waals surface area (Å²) in [6.45, 7) is 1.67. The molecule has 1 aromatic heterocycles. The molecule has 0 aliphatic heterocycles. The van der Waals surface area contributed by atoms with Crippen LogP contribution in [0.25, 0.3) is 0 Å². The third kappa shape index (κ3) is 3.13. The fourth-order valence-electron chi connectivity index (χ4n) is 1.38. The molecule has 19 heavy (non-hydrogen) atoms. The fourth-order valence-corrected chi connectivity index (χ4v) is 2.49. The van der Waals surface area contributed by atoms with Gasteiger partial charge >= 0.3 is 0 Å². The molecule has 0 saturated heterocycles. The second kappa shape index (κ2) is 5.03. The average Bonchev–Trinajstić information content (AvgIpc) is 2.75. The van der Waals surface area contributed by atoms with Crippen LogP contribution < -0.4 is 10.5 Å². The highest BCUT2D eigenvalue weighted by atomic mass is 32.2. The number of nitrogens with two attached hydrogens (primary N) is 1. The van der Waals surface area contributed by atoms with Crippen molar-refractivity contribution < 1.29 is 13.2 Å². The van der Waals surface area contributed by atoms with Gasteiger partial charge in [-0.1, -0.05) is 10.6 Å². The summed E-state index contributed by atoms with van der Waals surface area (Å²) in [5, 5.41) is 11.3. The van der Waals surface area contributed by atoms with E-state index in [1.807, 2.05) is 0 Å². The molecular formula is C10H10N4O3S2. The fraction of sp³-hybridized carbons (Fsp3) is 0.100. The van der Waals surface area contributed by atoms with Crippen LogP contribution in [0.3, 0.4) is 0 Å². The third-order valence-corrected chi connectivity index (χ3v) is 4.02. The van der Waals surface area contributed by atoms with Gasteiger partial charge in [-0.2, -0.15) is 0 Å². The smallest absolute Gasteiger partial charge is 0.269 e. The number of anilines is 1. The third-order valence-electron chi connectivity index (χ3n) is 2.28. The van der Waals surface area contributed by atoms with Crippen molar-refractivity contribution in [1.82, 2.24) is 9.59 Å². The minimum absolute atomic E-state index is 0.0653. The van der Waals surface area contributed by atoms with Crippen molar-refractivity contribution in [3.8, 4) is 0 Å². The molecular weight excluding hydrogens is 288 g/mol. The van der Waals surface area contributed by atoms with E-state index in [2.05, 4.69) is 14.9 Å². The maximum Gasteiger partial charge on any atom is 0.269 e. The molecule has 1 amide bonds. The van der Waals surface area contributed by atoms with Crippen molar-refractivity contribution in [3.63, 3.8) is 0 Å². The predicted molar refractivity (Wildman–Crippen MR) is 70.4 cm³/mol. The van der Waals surface area contributed by atoms with Gasteiger partial charge < -0.3 is 5.32 Å². The van der Waals surface area contributed by atoms with E-state index in [9.17, 15) is 13.2 Å². The molecule has 9 heteroatoms. The lowest BCUT2D eigenvalue weighted by Crippen LogP contribution is -2.14. The van der Waals surface area contributed by atoms with E-state index in [1.165, 1.54) is 18.2 Å². The van der Waals surface area contributed by atoms with Gasteiger partial charge in [0, 0.05) is 5.69 Å².